The fourth-order valence-corrected chi connectivity index (χ4v) is 2.24. The first-order chi connectivity index (χ1) is 7.63. The monoisotopic (exact) mass is 238 g/mol. The molecule has 4 heteroatoms. The average Bonchev–Trinajstić information content (AvgIpc) is 2.63. The van der Waals surface area contributed by atoms with Crippen molar-refractivity contribution in [3.05, 3.63) is 28.8 Å². The first-order valence-electron chi connectivity index (χ1n) is 5.38. The van der Waals surface area contributed by atoms with Crippen molar-refractivity contribution in [1.29, 1.82) is 0 Å². The zero-order valence-corrected chi connectivity index (χ0v) is 10.2. The van der Waals surface area contributed by atoms with Gasteiger partial charge in [0.1, 0.15) is 0 Å². The fourth-order valence-electron chi connectivity index (χ4n) is 2.02. The van der Waals surface area contributed by atoms with E-state index in [-0.39, 0.29) is 11.9 Å². The Kier molecular flexibility index (Phi) is 3.17. The molecule has 0 aromatic heterocycles. The molecule has 1 saturated heterocycles. The van der Waals surface area contributed by atoms with Gasteiger partial charge in [0, 0.05) is 6.54 Å². The molecule has 1 aromatic rings. The lowest BCUT2D eigenvalue weighted by Gasteiger charge is -2.18. The zero-order valence-electron chi connectivity index (χ0n) is 9.46. The summed E-state index contributed by atoms with van der Waals surface area (Å²) in [5.41, 5.74) is 1.93. The van der Waals surface area contributed by atoms with Crippen molar-refractivity contribution < 1.29 is 4.79 Å². The van der Waals surface area contributed by atoms with Gasteiger partial charge in [-0.3, -0.25) is 4.79 Å². The summed E-state index contributed by atoms with van der Waals surface area (Å²) < 4.78 is 0. The smallest absolute Gasteiger partial charge is 0.244 e. The van der Waals surface area contributed by atoms with E-state index >= 15 is 0 Å². The predicted octanol–water partition coefficient (Wildman–Crippen LogP) is 1.97. The highest BCUT2D eigenvalue weighted by molar-refractivity contribution is 6.34. The number of benzene rings is 1. The molecule has 2 rings (SSSR count). The van der Waals surface area contributed by atoms with E-state index < -0.39 is 0 Å². The number of carbonyl (C=O) groups excluding carboxylic acids is 1. The molecule has 1 fully saturated rings. The van der Waals surface area contributed by atoms with Crippen LogP contribution in [0.1, 0.15) is 12.0 Å². The van der Waals surface area contributed by atoms with E-state index in [1.54, 1.807) is 4.90 Å². The van der Waals surface area contributed by atoms with Crippen LogP contribution in [0.5, 0.6) is 0 Å². The second kappa shape index (κ2) is 4.44. The van der Waals surface area contributed by atoms with Gasteiger partial charge in [0.25, 0.3) is 0 Å². The minimum absolute atomic E-state index is 0.0726. The quantitative estimate of drug-likeness (QED) is 0.855. The van der Waals surface area contributed by atoms with E-state index in [1.807, 2.05) is 32.2 Å². The molecule has 1 unspecified atom stereocenters. The molecule has 86 valence electrons. The lowest BCUT2D eigenvalue weighted by atomic mass is 10.2. The van der Waals surface area contributed by atoms with Crippen molar-refractivity contribution in [2.45, 2.75) is 19.4 Å². The molecule has 3 nitrogen and oxygen atoms in total. The molecule has 0 radical (unpaired) electrons. The van der Waals surface area contributed by atoms with Crippen LogP contribution in [0.3, 0.4) is 0 Å². The number of aryl methyl sites for hydroxylation is 1. The van der Waals surface area contributed by atoms with Gasteiger partial charge in [0.15, 0.2) is 0 Å². The van der Waals surface area contributed by atoms with Crippen molar-refractivity contribution in [2.75, 3.05) is 18.5 Å². The van der Waals surface area contributed by atoms with Crippen molar-refractivity contribution >= 4 is 23.2 Å². The summed E-state index contributed by atoms with van der Waals surface area (Å²) >= 11 is 6.12. The molecule has 0 spiro atoms. The number of carbonyl (C=O) groups is 1. The third-order valence-corrected chi connectivity index (χ3v) is 3.27. The van der Waals surface area contributed by atoms with Crippen LogP contribution in [-0.4, -0.2) is 25.5 Å². The summed E-state index contributed by atoms with van der Waals surface area (Å²) in [6.45, 7) is 2.73. The molecule has 1 atom stereocenters. The molecule has 1 N–H and O–H groups in total. The molecule has 16 heavy (non-hydrogen) atoms. The van der Waals surface area contributed by atoms with Crippen LogP contribution in [0, 0.1) is 6.92 Å². The lowest BCUT2D eigenvalue weighted by Crippen LogP contribution is -2.36. The average molecular weight is 239 g/mol. The Morgan fingerprint density at radius 3 is 2.88 bits per heavy atom. The van der Waals surface area contributed by atoms with Crippen molar-refractivity contribution in [3.63, 3.8) is 0 Å². The molecule has 1 aliphatic heterocycles. The van der Waals surface area contributed by atoms with E-state index in [4.69, 9.17) is 11.6 Å². The minimum atomic E-state index is -0.0726. The Balaban J connectivity index is 2.32. The van der Waals surface area contributed by atoms with Crippen LogP contribution in [-0.2, 0) is 4.79 Å². The van der Waals surface area contributed by atoms with Gasteiger partial charge < -0.3 is 10.2 Å². The maximum Gasteiger partial charge on any atom is 0.244 e. The van der Waals surface area contributed by atoms with Crippen molar-refractivity contribution in [3.8, 4) is 0 Å². The molecule has 1 aromatic carbocycles. The van der Waals surface area contributed by atoms with Crippen molar-refractivity contribution in [2.24, 2.45) is 0 Å². The molecule has 0 bridgehead atoms. The van der Waals surface area contributed by atoms with E-state index in [2.05, 4.69) is 5.32 Å². The molecular formula is C12H15ClN2O. The molecule has 1 heterocycles. The van der Waals surface area contributed by atoms with Crippen LogP contribution in [0.25, 0.3) is 0 Å². The van der Waals surface area contributed by atoms with Gasteiger partial charge in [-0.05, 0) is 38.1 Å². The highest BCUT2D eigenvalue weighted by Gasteiger charge is 2.32. The normalized spacial score (nSPS) is 20.6. The van der Waals surface area contributed by atoms with Crippen LogP contribution < -0.4 is 10.2 Å². The van der Waals surface area contributed by atoms with Crippen molar-refractivity contribution in [1.82, 2.24) is 5.32 Å². The third kappa shape index (κ3) is 1.93. The summed E-state index contributed by atoms with van der Waals surface area (Å²) in [6, 6.07) is 5.67. The van der Waals surface area contributed by atoms with Gasteiger partial charge in [-0.25, -0.2) is 0 Å². The second-order valence-corrected chi connectivity index (χ2v) is 4.48. The summed E-state index contributed by atoms with van der Waals surface area (Å²) in [4.78, 5) is 13.8. The number of halogens is 1. The predicted molar refractivity (Wildman–Crippen MR) is 66.0 cm³/mol. The topological polar surface area (TPSA) is 32.3 Å². The van der Waals surface area contributed by atoms with Crippen LogP contribution in [0.4, 0.5) is 5.69 Å². The van der Waals surface area contributed by atoms with E-state index in [9.17, 15) is 4.79 Å². The number of amides is 1. The standard InChI is InChI=1S/C12H15ClN2O/c1-8-3-4-9(13)11(7-8)15-6-5-10(14-2)12(15)16/h3-4,7,10,14H,5-6H2,1-2H3. The maximum atomic E-state index is 12.0. The Bertz CT molecular complexity index is 419. The number of nitrogens with one attached hydrogen (secondary N) is 1. The first-order valence-corrected chi connectivity index (χ1v) is 5.76. The van der Waals surface area contributed by atoms with Crippen LogP contribution in [0.15, 0.2) is 18.2 Å². The third-order valence-electron chi connectivity index (χ3n) is 2.95. The zero-order chi connectivity index (χ0) is 11.7. The van der Waals surface area contributed by atoms with E-state index in [0.29, 0.717) is 5.02 Å². The van der Waals surface area contributed by atoms with E-state index in [0.717, 1.165) is 24.2 Å². The Labute approximate surface area is 100 Å². The van der Waals surface area contributed by atoms with Crippen LogP contribution in [0.2, 0.25) is 5.02 Å². The minimum Gasteiger partial charge on any atom is -0.309 e. The van der Waals surface area contributed by atoms with Gasteiger partial charge in [0.2, 0.25) is 5.91 Å². The van der Waals surface area contributed by atoms with Gasteiger partial charge in [0.05, 0.1) is 16.8 Å². The summed E-state index contributed by atoms with van der Waals surface area (Å²) in [6.07, 6.45) is 0.833. The number of hydrogen-bond donors (Lipinski definition) is 1. The van der Waals surface area contributed by atoms with Gasteiger partial charge in [-0.15, -0.1) is 0 Å². The van der Waals surface area contributed by atoms with E-state index in [1.165, 1.54) is 0 Å². The maximum absolute atomic E-state index is 12.0. The molecule has 1 aliphatic rings. The molecule has 1 amide bonds. The van der Waals surface area contributed by atoms with Gasteiger partial charge >= 0.3 is 0 Å². The number of rotatable bonds is 2. The first kappa shape index (κ1) is 11.4. The summed E-state index contributed by atoms with van der Waals surface area (Å²) in [5, 5.41) is 3.65. The Morgan fingerprint density at radius 2 is 2.25 bits per heavy atom. The largest absolute Gasteiger partial charge is 0.309 e. The Morgan fingerprint density at radius 1 is 1.50 bits per heavy atom. The highest BCUT2D eigenvalue weighted by Crippen LogP contribution is 2.30. The molecule has 0 saturated carbocycles. The number of nitrogens with zero attached hydrogens (tertiary/aromatic N) is 1. The second-order valence-electron chi connectivity index (χ2n) is 4.07. The summed E-state index contributed by atoms with van der Waals surface area (Å²) in [5.74, 6) is 0.106. The van der Waals surface area contributed by atoms with Gasteiger partial charge in [-0.1, -0.05) is 17.7 Å². The SMILES string of the molecule is CNC1CCN(c2cc(C)ccc2Cl)C1=O. The number of anilines is 1. The Hall–Kier alpha value is -1.06. The summed E-state index contributed by atoms with van der Waals surface area (Å²) in [7, 11) is 1.81. The van der Waals surface area contributed by atoms with Gasteiger partial charge in [-0.2, -0.15) is 0 Å². The number of hydrogen-bond acceptors (Lipinski definition) is 2. The lowest BCUT2D eigenvalue weighted by molar-refractivity contribution is -0.118. The molecule has 0 aliphatic carbocycles. The van der Waals surface area contributed by atoms with Crippen LogP contribution >= 0.6 is 11.6 Å². The fraction of sp³-hybridized carbons (Fsp3) is 0.417. The number of likely N-dealkylation sites (N-methyl/N-ethyl adjacent to an activating group) is 1. The highest BCUT2D eigenvalue weighted by atomic mass is 35.5. The molecular weight excluding hydrogens is 224 g/mol.